The minimum Gasteiger partial charge on any atom is -0.461 e. The van der Waals surface area contributed by atoms with E-state index in [2.05, 4.69) is 10.3 Å². The molecule has 1 heterocycles. The molecule has 0 unspecified atom stereocenters. The lowest BCUT2D eigenvalue weighted by molar-refractivity contribution is 0.0519. The van der Waals surface area contributed by atoms with E-state index in [0.29, 0.717) is 11.5 Å². The zero-order valence-electron chi connectivity index (χ0n) is 14.9. The van der Waals surface area contributed by atoms with Crippen LogP contribution < -0.4 is 5.32 Å². The molecule has 0 aliphatic carbocycles. The van der Waals surface area contributed by atoms with Gasteiger partial charge in [0.2, 0.25) is 0 Å². The van der Waals surface area contributed by atoms with Crippen molar-refractivity contribution in [3.05, 3.63) is 89.4 Å². The number of halogens is 1. The smallest absolute Gasteiger partial charge is 0.356 e. The molecular formula is C22H19FN2O2. The van der Waals surface area contributed by atoms with Gasteiger partial charge in [-0.3, -0.25) is 0 Å². The number of aromatic nitrogens is 1. The fraction of sp³-hybridized carbons (Fsp3) is 0.0909. The zero-order valence-corrected chi connectivity index (χ0v) is 14.9. The Balaban J connectivity index is 1.94. The number of hydrogen-bond donors (Lipinski definition) is 1. The lowest BCUT2D eigenvalue weighted by Gasteiger charge is -2.11. The van der Waals surface area contributed by atoms with Gasteiger partial charge in [0.1, 0.15) is 11.6 Å². The second-order valence-electron chi connectivity index (χ2n) is 5.73. The number of nitrogens with one attached hydrogen (secondary N) is 1. The number of rotatable bonds is 6. The van der Waals surface area contributed by atoms with Gasteiger partial charge >= 0.3 is 5.97 Å². The van der Waals surface area contributed by atoms with Crippen LogP contribution in [-0.2, 0) is 4.74 Å². The van der Waals surface area contributed by atoms with Crippen LogP contribution >= 0.6 is 0 Å². The molecule has 0 amide bonds. The molecule has 3 aromatic rings. The van der Waals surface area contributed by atoms with Crippen LogP contribution in [0, 0.1) is 5.82 Å². The van der Waals surface area contributed by atoms with Gasteiger partial charge in [0.15, 0.2) is 5.69 Å². The molecule has 4 nitrogen and oxygen atoms in total. The fourth-order valence-electron chi connectivity index (χ4n) is 2.44. The third-order valence-electron chi connectivity index (χ3n) is 3.77. The summed E-state index contributed by atoms with van der Waals surface area (Å²) in [5, 5.41) is 3.14. The molecule has 0 saturated heterocycles. The van der Waals surface area contributed by atoms with Crippen LogP contribution in [0.15, 0.2) is 66.7 Å². The largest absolute Gasteiger partial charge is 0.461 e. The number of carbonyl (C=O) groups is 1. The first-order valence-electron chi connectivity index (χ1n) is 8.59. The maximum absolute atomic E-state index is 13.2. The van der Waals surface area contributed by atoms with Crippen molar-refractivity contribution in [1.82, 2.24) is 4.98 Å². The third-order valence-corrected chi connectivity index (χ3v) is 3.77. The zero-order chi connectivity index (χ0) is 19.1. The first-order valence-corrected chi connectivity index (χ1v) is 8.59. The van der Waals surface area contributed by atoms with Crippen molar-refractivity contribution in [2.75, 3.05) is 11.9 Å². The van der Waals surface area contributed by atoms with Gasteiger partial charge in [-0.2, -0.15) is 0 Å². The number of nitrogens with zero attached hydrogens (tertiary/aromatic N) is 1. The molecule has 5 heteroatoms. The summed E-state index contributed by atoms with van der Waals surface area (Å²) in [5.74, 6) is -0.324. The number of carbonyl (C=O) groups excluding carboxylic acids is 1. The fourth-order valence-corrected chi connectivity index (χ4v) is 2.44. The minimum atomic E-state index is -0.488. The molecule has 0 aliphatic rings. The lowest BCUT2D eigenvalue weighted by Crippen LogP contribution is -2.09. The molecule has 0 bridgehead atoms. The highest BCUT2D eigenvalue weighted by Gasteiger charge is 2.12. The standard InChI is InChI=1S/C22H19FN2O2/c1-2-27-22(26)20-15-10-17(9-8-16-6-4-3-5-7-16)21(25-20)24-19-13-11-18(23)12-14-19/h3-15H,2H2,1H3,(H,24,25)/b9-8+. The number of ether oxygens (including phenoxy) is 1. The maximum atomic E-state index is 13.2. The van der Waals surface area contributed by atoms with Crippen LogP contribution in [-0.4, -0.2) is 17.6 Å². The summed E-state index contributed by atoms with van der Waals surface area (Å²) in [4.78, 5) is 16.4. The van der Waals surface area contributed by atoms with Gasteiger partial charge in [-0.15, -0.1) is 0 Å². The van der Waals surface area contributed by atoms with Gasteiger partial charge in [0, 0.05) is 11.3 Å². The van der Waals surface area contributed by atoms with Crippen LogP contribution in [0.4, 0.5) is 15.9 Å². The topological polar surface area (TPSA) is 51.2 Å². The molecule has 136 valence electrons. The molecule has 27 heavy (non-hydrogen) atoms. The molecule has 0 fully saturated rings. The van der Waals surface area contributed by atoms with Crippen molar-refractivity contribution in [3.63, 3.8) is 0 Å². The van der Waals surface area contributed by atoms with Crippen molar-refractivity contribution in [2.24, 2.45) is 0 Å². The van der Waals surface area contributed by atoms with Gasteiger partial charge in [-0.25, -0.2) is 14.2 Å². The molecule has 0 spiro atoms. The van der Waals surface area contributed by atoms with E-state index in [-0.39, 0.29) is 18.1 Å². The first-order chi connectivity index (χ1) is 13.2. The first kappa shape index (κ1) is 18.3. The van der Waals surface area contributed by atoms with E-state index in [9.17, 15) is 9.18 Å². The lowest BCUT2D eigenvalue weighted by atomic mass is 10.1. The van der Waals surface area contributed by atoms with Crippen molar-refractivity contribution in [3.8, 4) is 0 Å². The van der Waals surface area contributed by atoms with Crippen LogP contribution in [0.25, 0.3) is 12.2 Å². The van der Waals surface area contributed by atoms with Crippen molar-refractivity contribution in [2.45, 2.75) is 6.92 Å². The van der Waals surface area contributed by atoms with Gasteiger partial charge in [-0.1, -0.05) is 42.5 Å². The Kier molecular flexibility index (Phi) is 5.94. The third kappa shape index (κ3) is 5.01. The summed E-state index contributed by atoms with van der Waals surface area (Å²) in [6.45, 7) is 2.02. The molecule has 0 atom stereocenters. The number of benzene rings is 2. The molecular weight excluding hydrogens is 343 g/mol. The Morgan fingerprint density at radius 1 is 1.04 bits per heavy atom. The SMILES string of the molecule is CCOC(=O)c1ccc(/C=C/c2ccccc2)c(Nc2ccc(F)cc2)n1. The van der Waals surface area contributed by atoms with Crippen molar-refractivity contribution in [1.29, 1.82) is 0 Å². The molecule has 2 aromatic carbocycles. The monoisotopic (exact) mass is 362 g/mol. The summed E-state index contributed by atoms with van der Waals surface area (Å²) >= 11 is 0. The van der Waals surface area contributed by atoms with E-state index in [1.165, 1.54) is 12.1 Å². The van der Waals surface area contributed by atoms with Crippen LogP contribution in [0.2, 0.25) is 0 Å². The van der Waals surface area contributed by atoms with E-state index < -0.39 is 5.97 Å². The Bertz CT molecular complexity index is 938. The molecule has 0 radical (unpaired) electrons. The van der Waals surface area contributed by atoms with E-state index in [4.69, 9.17) is 4.74 Å². The van der Waals surface area contributed by atoms with Gasteiger partial charge in [0.05, 0.1) is 6.61 Å². The number of esters is 1. The summed E-state index contributed by atoms with van der Waals surface area (Å²) in [6, 6.07) is 19.2. The number of anilines is 2. The Morgan fingerprint density at radius 2 is 1.78 bits per heavy atom. The second-order valence-corrected chi connectivity index (χ2v) is 5.73. The van der Waals surface area contributed by atoms with Gasteiger partial charge in [0.25, 0.3) is 0 Å². The number of hydrogen-bond acceptors (Lipinski definition) is 4. The predicted octanol–water partition coefficient (Wildman–Crippen LogP) is 5.31. The average Bonchev–Trinajstić information content (AvgIpc) is 2.69. The van der Waals surface area contributed by atoms with Crippen LogP contribution in [0.3, 0.4) is 0 Å². The van der Waals surface area contributed by atoms with E-state index in [1.807, 2.05) is 42.5 Å². The molecule has 1 aromatic heterocycles. The van der Waals surface area contributed by atoms with E-state index in [1.54, 1.807) is 31.2 Å². The number of pyridine rings is 1. The summed E-state index contributed by atoms with van der Waals surface area (Å²) in [7, 11) is 0. The van der Waals surface area contributed by atoms with Gasteiger partial charge in [-0.05, 0) is 48.9 Å². The van der Waals surface area contributed by atoms with Crippen molar-refractivity contribution < 1.29 is 13.9 Å². The summed E-state index contributed by atoms with van der Waals surface area (Å²) < 4.78 is 18.2. The predicted molar refractivity (Wildman–Crippen MR) is 105 cm³/mol. The Hall–Kier alpha value is -3.47. The Morgan fingerprint density at radius 3 is 2.48 bits per heavy atom. The average molecular weight is 362 g/mol. The van der Waals surface area contributed by atoms with Crippen LogP contribution in [0.1, 0.15) is 28.5 Å². The highest BCUT2D eigenvalue weighted by Crippen LogP contribution is 2.22. The highest BCUT2D eigenvalue weighted by atomic mass is 19.1. The molecule has 3 rings (SSSR count). The second kappa shape index (κ2) is 8.76. The maximum Gasteiger partial charge on any atom is 0.356 e. The van der Waals surface area contributed by atoms with Crippen molar-refractivity contribution >= 4 is 29.6 Å². The Labute approximate surface area is 157 Å². The van der Waals surface area contributed by atoms with Gasteiger partial charge < -0.3 is 10.1 Å². The summed E-state index contributed by atoms with van der Waals surface area (Å²) in [6.07, 6.45) is 3.86. The van der Waals surface area contributed by atoms with Crippen LogP contribution in [0.5, 0.6) is 0 Å². The van der Waals surface area contributed by atoms with E-state index in [0.717, 1.165) is 11.1 Å². The molecule has 1 N–H and O–H groups in total. The summed E-state index contributed by atoms with van der Waals surface area (Å²) in [5.41, 5.74) is 2.70. The minimum absolute atomic E-state index is 0.207. The van der Waals surface area contributed by atoms with E-state index >= 15 is 0 Å². The highest BCUT2D eigenvalue weighted by molar-refractivity contribution is 5.89. The molecule has 0 saturated carbocycles. The molecule has 0 aliphatic heterocycles. The quantitative estimate of drug-likeness (QED) is 0.604. The normalized spacial score (nSPS) is 10.7.